The smallest absolute Gasteiger partial charge is 0.293 e. The number of hydrogen-bond acceptors (Lipinski definition) is 5. The molecule has 1 saturated heterocycles. The van der Waals surface area contributed by atoms with Gasteiger partial charge in [0, 0.05) is 18.5 Å². The second-order valence-corrected chi connectivity index (χ2v) is 8.09. The zero-order valence-corrected chi connectivity index (χ0v) is 16.3. The molecule has 0 aliphatic carbocycles. The molecule has 8 nitrogen and oxygen atoms in total. The molecule has 3 rings (SSSR count). The van der Waals surface area contributed by atoms with Crippen LogP contribution in [0.5, 0.6) is 0 Å². The minimum Gasteiger partial charge on any atom is -0.372 e. The van der Waals surface area contributed by atoms with Gasteiger partial charge in [0.2, 0.25) is 5.91 Å². The van der Waals surface area contributed by atoms with E-state index < -0.39 is 0 Å². The van der Waals surface area contributed by atoms with Gasteiger partial charge in [0.15, 0.2) is 0 Å². The van der Waals surface area contributed by atoms with Gasteiger partial charge in [-0.25, -0.2) is 4.68 Å². The lowest BCUT2D eigenvalue weighted by atomic mass is 10.1. The third kappa shape index (κ3) is 3.38. The highest BCUT2D eigenvalue weighted by Crippen LogP contribution is 2.20. The number of fused-ring (bicyclic) bond motifs is 1. The van der Waals surface area contributed by atoms with Crippen molar-refractivity contribution < 1.29 is 9.53 Å². The molecular weight excluding hydrogens is 334 g/mol. The number of nitrogens with zero attached hydrogens (tertiary/aromatic N) is 5. The van der Waals surface area contributed by atoms with Crippen LogP contribution in [-0.2, 0) is 21.6 Å². The number of carbonyl (C=O) groups excluding carboxylic acids is 1. The molecule has 0 saturated carbocycles. The highest BCUT2D eigenvalue weighted by molar-refractivity contribution is 5.81. The number of aromatic nitrogens is 4. The summed E-state index contributed by atoms with van der Waals surface area (Å²) in [4.78, 5) is 27.5. The topological polar surface area (TPSA) is 82.2 Å². The molecule has 1 fully saturated rings. The maximum Gasteiger partial charge on any atom is 0.293 e. The Morgan fingerprint density at radius 1 is 1.27 bits per heavy atom. The maximum absolute atomic E-state index is 13.0. The summed E-state index contributed by atoms with van der Waals surface area (Å²) in [7, 11) is 0. The molecule has 0 N–H and O–H groups in total. The zero-order valence-electron chi connectivity index (χ0n) is 16.3. The number of ether oxygens (including phenoxy) is 1. The van der Waals surface area contributed by atoms with E-state index in [1.54, 1.807) is 15.8 Å². The van der Waals surface area contributed by atoms with E-state index in [0.717, 1.165) is 5.39 Å². The first kappa shape index (κ1) is 18.6. The van der Waals surface area contributed by atoms with Crippen LogP contribution in [0.15, 0.2) is 11.0 Å². The molecule has 2 atom stereocenters. The van der Waals surface area contributed by atoms with Crippen LogP contribution in [0.4, 0.5) is 0 Å². The molecule has 1 amide bonds. The Hall–Kier alpha value is -2.22. The number of aryl methyl sites for hydroxylation is 1. The number of morpholine rings is 1. The van der Waals surface area contributed by atoms with Crippen LogP contribution in [-0.4, -0.2) is 55.7 Å². The SMILES string of the molecule is Cc1nn(CC(=O)N2CC(C)OC(C)C2)c(=O)c2c1cnn2C(C)(C)C. The minimum atomic E-state index is -0.342. The molecule has 1 aliphatic heterocycles. The lowest BCUT2D eigenvalue weighted by molar-refractivity contribution is -0.144. The maximum atomic E-state index is 13.0. The Labute approximate surface area is 152 Å². The van der Waals surface area contributed by atoms with Crippen molar-refractivity contribution >= 4 is 16.8 Å². The van der Waals surface area contributed by atoms with Crippen molar-refractivity contribution in [3.8, 4) is 0 Å². The van der Waals surface area contributed by atoms with Crippen LogP contribution >= 0.6 is 0 Å². The largest absolute Gasteiger partial charge is 0.372 e. The number of carbonyl (C=O) groups is 1. The van der Waals surface area contributed by atoms with Crippen LogP contribution < -0.4 is 5.56 Å². The van der Waals surface area contributed by atoms with E-state index >= 15 is 0 Å². The van der Waals surface area contributed by atoms with Gasteiger partial charge >= 0.3 is 0 Å². The third-order valence-corrected chi connectivity index (χ3v) is 4.56. The third-order valence-electron chi connectivity index (χ3n) is 4.56. The summed E-state index contributed by atoms with van der Waals surface area (Å²) in [5, 5.41) is 9.44. The number of amides is 1. The van der Waals surface area contributed by atoms with Crippen LogP contribution in [0.1, 0.15) is 40.3 Å². The predicted octanol–water partition coefficient (Wildman–Crippen LogP) is 1.29. The van der Waals surface area contributed by atoms with Gasteiger partial charge in [-0.3, -0.25) is 14.3 Å². The normalized spacial score (nSPS) is 21.4. The molecule has 1 aliphatic rings. The fourth-order valence-corrected chi connectivity index (χ4v) is 3.45. The molecule has 0 bridgehead atoms. The second kappa shape index (κ2) is 6.50. The average Bonchev–Trinajstić information content (AvgIpc) is 2.97. The molecule has 8 heteroatoms. The molecule has 142 valence electrons. The first-order chi connectivity index (χ1) is 12.1. The van der Waals surface area contributed by atoms with Crippen molar-refractivity contribution in [3.05, 3.63) is 22.2 Å². The first-order valence-corrected chi connectivity index (χ1v) is 8.97. The van der Waals surface area contributed by atoms with Crippen molar-refractivity contribution in [2.45, 2.75) is 65.8 Å². The van der Waals surface area contributed by atoms with E-state index in [4.69, 9.17) is 4.74 Å². The van der Waals surface area contributed by atoms with Crippen LogP contribution in [0.2, 0.25) is 0 Å². The van der Waals surface area contributed by atoms with Crippen molar-refractivity contribution in [3.63, 3.8) is 0 Å². The fourth-order valence-electron chi connectivity index (χ4n) is 3.45. The van der Waals surface area contributed by atoms with Gasteiger partial charge in [-0.2, -0.15) is 10.2 Å². The Morgan fingerprint density at radius 3 is 2.46 bits per heavy atom. The number of hydrogen-bond donors (Lipinski definition) is 0. The van der Waals surface area contributed by atoms with Crippen molar-refractivity contribution in [2.24, 2.45) is 0 Å². The predicted molar refractivity (Wildman–Crippen MR) is 98.1 cm³/mol. The Morgan fingerprint density at radius 2 is 1.88 bits per heavy atom. The fraction of sp³-hybridized carbons (Fsp3) is 0.667. The lowest BCUT2D eigenvalue weighted by Gasteiger charge is -2.35. The summed E-state index contributed by atoms with van der Waals surface area (Å²) in [6.07, 6.45) is 1.64. The van der Waals surface area contributed by atoms with E-state index in [2.05, 4.69) is 10.2 Å². The summed E-state index contributed by atoms with van der Waals surface area (Å²) in [5.41, 5.74) is 0.542. The van der Waals surface area contributed by atoms with Gasteiger partial charge < -0.3 is 9.64 Å². The van der Waals surface area contributed by atoms with Gasteiger partial charge in [-0.1, -0.05) is 0 Å². The Kier molecular flexibility index (Phi) is 4.64. The van der Waals surface area contributed by atoms with Crippen molar-refractivity contribution in [1.29, 1.82) is 0 Å². The van der Waals surface area contributed by atoms with Crippen LogP contribution in [0.3, 0.4) is 0 Å². The van der Waals surface area contributed by atoms with Gasteiger partial charge in [0.05, 0.1) is 29.6 Å². The zero-order chi connectivity index (χ0) is 19.2. The summed E-state index contributed by atoms with van der Waals surface area (Å²) in [5.74, 6) is -0.123. The molecule has 2 unspecified atom stereocenters. The van der Waals surface area contributed by atoms with E-state index in [-0.39, 0.29) is 35.8 Å². The molecule has 3 heterocycles. The van der Waals surface area contributed by atoms with E-state index in [0.29, 0.717) is 24.3 Å². The first-order valence-electron chi connectivity index (χ1n) is 8.97. The second-order valence-electron chi connectivity index (χ2n) is 8.09. The highest BCUT2D eigenvalue weighted by atomic mass is 16.5. The van der Waals surface area contributed by atoms with Gasteiger partial charge in [-0.05, 0) is 41.5 Å². The van der Waals surface area contributed by atoms with E-state index in [9.17, 15) is 9.59 Å². The molecular formula is C18H27N5O3. The molecule has 0 aromatic carbocycles. The monoisotopic (exact) mass is 361 g/mol. The summed E-state index contributed by atoms with van der Waals surface area (Å²) >= 11 is 0. The molecule has 26 heavy (non-hydrogen) atoms. The Bertz CT molecular complexity index is 883. The van der Waals surface area contributed by atoms with Crippen LogP contribution in [0.25, 0.3) is 10.9 Å². The van der Waals surface area contributed by atoms with Gasteiger partial charge in [0.1, 0.15) is 12.1 Å². The van der Waals surface area contributed by atoms with Crippen molar-refractivity contribution in [2.75, 3.05) is 13.1 Å². The van der Waals surface area contributed by atoms with E-state index in [1.165, 1.54) is 4.68 Å². The molecule has 2 aromatic heterocycles. The quantitative estimate of drug-likeness (QED) is 0.805. The summed E-state index contributed by atoms with van der Waals surface area (Å²) in [6, 6.07) is 0. The average molecular weight is 361 g/mol. The molecule has 0 radical (unpaired) electrons. The van der Waals surface area contributed by atoms with Gasteiger partial charge in [-0.15, -0.1) is 0 Å². The number of rotatable bonds is 2. The Balaban J connectivity index is 1.97. The van der Waals surface area contributed by atoms with E-state index in [1.807, 2.05) is 41.5 Å². The molecule has 0 spiro atoms. The summed E-state index contributed by atoms with van der Waals surface area (Å²) < 4.78 is 8.64. The summed E-state index contributed by atoms with van der Waals surface area (Å²) in [6.45, 7) is 12.7. The van der Waals surface area contributed by atoms with Crippen LogP contribution in [0, 0.1) is 6.92 Å². The highest BCUT2D eigenvalue weighted by Gasteiger charge is 2.27. The minimum absolute atomic E-state index is 0.0149. The van der Waals surface area contributed by atoms with Crippen molar-refractivity contribution in [1.82, 2.24) is 24.5 Å². The lowest BCUT2D eigenvalue weighted by Crippen LogP contribution is -2.50. The molecule has 2 aromatic rings. The van der Waals surface area contributed by atoms with Gasteiger partial charge in [0.25, 0.3) is 5.56 Å². The standard InChI is InChI=1S/C18H27N5O3/c1-11-8-21(9-12(2)26-11)15(24)10-22-17(25)16-14(13(3)20-22)7-19-23(16)18(4,5)6/h7,11-12H,8-10H2,1-6H3.